The number of nitrogen functional groups attached to an aromatic ring is 1. The third-order valence-electron chi connectivity index (χ3n) is 2.89. The van der Waals surface area contributed by atoms with Gasteiger partial charge in [-0.2, -0.15) is 0 Å². The summed E-state index contributed by atoms with van der Waals surface area (Å²) in [6.07, 6.45) is 4.23. The molecular weight excluding hydrogens is 276 g/mol. The maximum absolute atomic E-state index is 12.3. The van der Waals surface area contributed by atoms with Gasteiger partial charge in [0.1, 0.15) is 10.8 Å². The summed E-state index contributed by atoms with van der Waals surface area (Å²) in [5.41, 5.74) is 8.29. The molecule has 5 nitrogen and oxygen atoms in total. The highest BCUT2D eigenvalue weighted by Gasteiger charge is 2.13. The molecule has 0 fully saturated rings. The lowest BCUT2D eigenvalue weighted by Crippen LogP contribution is -2.17. The molecular formula is C14H17ClN4O. The molecule has 0 saturated carbocycles. The maximum Gasteiger partial charge on any atom is 0.272 e. The maximum atomic E-state index is 12.3. The van der Waals surface area contributed by atoms with E-state index in [4.69, 9.17) is 17.3 Å². The van der Waals surface area contributed by atoms with Gasteiger partial charge in [-0.1, -0.05) is 18.5 Å². The molecule has 106 valence electrons. The molecule has 0 unspecified atom stereocenters. The summed E-state index contributed by atoms with van der Waals surface area (Å²) in [6, 6.07) is 3.45. The Morgan fingerprint density at radius 1 is 1.50 bits per heavy atom. The average Bonchev–Trinajstić information content (AvgIpc) is 2.75. The molecule has 2 aromatic heterocycles. The van der Waals surface area contributed by atoms with Crippen molar-refractivity contribution in [2.24, 2.45) is 0 Å². The van der Waals surface area contributed by atoms with Gasteiger partial charge in [0.2, 0.25) is 0 Å². The number of anilines is 2. The number of pyridine rings is 1. The molecule has 2 aromatic rings. The van der Waals surface area contributed by atoms with Crippen LogP contribution in [0, 0.1) is 6.92 Å². The number of carbonyl (C=O) groups excluding carboxylic acids is 1. The first-order chi connectivity index (χ1) is 9.51. The highest BCUT2D eigenvalue weighted by atomic mass is 35.5. The fourth-order valence-corrected chi connectivity index (χ4v) is 2.07. The van der Waals surface area contributed by atoms with Crippen LogP contribution in [0.25, 0.3) is 0 Å². The molecule has 0 saturated heterocycles. The molecule has 1 amide bonds. The summed E-state index contributed by atoms with van der Waals surface area (Å²) in [5, 5.41) is 3.23. The number of aromatic nitrogens is 2. The molecule has 20 heavy (non-hydrogen) atoms. The number of aryl methyl sites for hydroxylation is 2. The monoisotopic (exact) mass is 292 g/mol. The first-order valence-electron chi connectivity index (χ1n) is 6.40. The van der Waals surface area contributed by atoms with Gasteiger partial charge < -0.3 is 15.6 Å². The normalized spacial score (nSPS) is 10.6. The van der Waals surface area contributed by atoms with Crippen LogP contribution in [0.1, 0.15) is 29.4 Å². The van der Waals surface area contributed by atoms with Crippen molar-refractivity contribution in [1.82, 2.24) is 9.55 Å². The van der Waals surface area contributed by atoms with Gasteiger partial charge in [-0.05, 0) is 31.0 Å². The average molecular weight is 293 g/mol. The van der Waals surface area contributed by atoms with Gasteiger partial charge in [-0.3, -0.25) is 4.79 Å². The Hall–Kier alpha value is -2.01. The summed E-state index contributed by atoms with van der Waals surface area (Å²) < 4.78 is 1.85. The second kappa shape index (κ2) is 5.96. The third kappa shape index (κ3) is 3.11. The number of halogens is 1. The van der Waals surface area contributed by atoms with Crippen LogP contribution in [-0.2, 0) is 6.54 Å². The van der Waals surface area contributed by atoms with Gasteiger partial charge in [0, 0.05) is 12.7 Å². The fraction of sp³-hybridized carbons (Fsp3) is 0.286. The Morgan fingerprint density at radius 2 is 2.25 bits per heavy atom. The number of rotatable bonds is 4. The predicted octanol–water partition coefficient (Wildman–Crippen LogP) is 3.09. The van der Waals surface area contributed by atoms with Crippen molar-refractivity contribution < 1.29 is 4.79 Å². The van der Waals surface area contributed by atoms with Gasteiger partial charge in [-0.25, -0.2) is 4.98 Å². The highest BCUT2D eigenvalue weighted by Crippen LogP contribution is 2.18. The Labute approximate surface area is 122 Å². The summed E-state index contributed by atoms with van der Waals surface area (Å²) >= 11 is 5.86. The standard InChI is InChI=1S/C14H17ClN4O/c1-3-4-19-8-10(16)6-12(19)14(20)18-11-5-9(2)13(15)17-7-11/h5-8H,3-4,16H2,1-2H3,(H,18,20). The Bertz CT molecular complexity index is 636. The van der Waals surface area contributed by atoms with E-state index in [9.17, 15) is 4.79 Å². The van der Waals surface area contributed by atoms with E-state index in [1.807, 2.05) is 18.4 Å². The van der Waals surface area contributed by atoms with Crippen LogP contribution in [0.15, 0.2) is 24.5 Å². The number of hydrogen-bond donors (Lipinski definition) is 2. The molecule has 3 N–H and O–H groups in total. The van der Waals surface area contributed by atoms with E-state index in [1.165, 1.54) is 6.20 Å². The molecule has 0 spiro atoms. The first-order valence-corrected chi connectivity index (χ1v) is 6.78. The van der Waals surface area contributed by atoms with Gasteiger partial charge in [-0.15, -0.1) is 0 Å². The van der Waals surface area contributed by atoms with Crippen LogP contribution >= 0.6 is 11.6 Å². The quantitative estimate of drug-likeness (QED) is 0.851. The molecule has 0 radical (unpaired) electrons. The number of hydrogen-bond acceptors (Lipinski definition) is 3. The van der Waals surface area contributed by atoms with Crippen LogP contribution in [0.4, 0.5) is 11.4 Å². The van der Waals surface area contributed by atoms with Crippen molar-refractivity contribution in [3.63, 3.8) is 0 Å². The third-order valence-corrected chi connectivity index (χ3v) is 3.28. The van der Waals surface area contributed by atoms with Gasteiger partial charge in [0.05, 0.1) is 17.6 Å². The van der Waals surface area contributed by atoms with E-state index in [2.05, 4.69) is 10.3 Å². The zero-order chi connectivity index (χ0) is 14.7. The van der Waals surface area contributed by atoms with Crippen molar-refractivity contribution in [1.29, 1.82) is 0 Å². The number of nitrogens with one attached hydrogen (secondary N) is 1. The summed E-state index contributed by atoms with van der Waals surface area (Å²) in [4.78, 5) is 16.3. The second-order valence-electron chi connectivity index (χ2n) is 4.64. The smallest absolute Gasteiger partial charge is 0.272 e. The summed E-state index contributed by atoms with van der Waals surface area (Å²) in [7, 11) is 0. The highest BCUT2D eigenvalue weighted by molar-refractivity contribution is 6.30. The fourth-order valence-electron chi connectivity index (χ4n) is 1.97. The molecule has 0 aliphatic heterocycles. The van der Waals surface area contributed by atoms with Crippen LogP contribution in [0.3, 0.4) is 0 Å². The molecule has 0 aliphatic carbocycles. The lowest BCUT2D eigenvalue weighted by molar-refractivity contribution is 0.101. The van der Waals surface area contributed by atoms with Crippen LogP contribution in [-0.4, -0.2) is 15.5 Å². The van der Waals surface area contributed by atoms with Crippen molar-refractivity contribution in [2.75, 3.05) is 11.1 Å². The van der Waals surface area contributed by atoms with Gasteiger partial charge >= 0.3 is 0 Å². The van der Waals surface area contributed by atoms with E-state index >= 15 is 0 Å². The van der Waals surface area contributed by atoms with Crippen LogP contribution < -0.4 is 11.1 Å². The lowest BCUT2D eigenvalue weighted by atomic mass is 10.3. The summed E-state index contributed by atoms with van der Waals surface area (Å²) in [6.45, 7) is 4.63. The number of carbonyl (C=O) groups is 1. The predicted molar refractivity (Wildman–Crippen MR) is 81.1 cm³/mol. The second-order valence-corrected chi connectivity index (χ2v) is 5.00. The van der Waals surface area contributed by atoms with E-state index in [1.54, 1.807) is 18.3 Å². The largest absolute Gasteiger partial charge is 0.397 e. The minimum atomic E-state index is -0.210. The molecule has 0 aliphatic rings. The lowest BCUT2D eigenvalue weighted by Gasteiger charge is -2.09. The molecule has 6 heteroatoms. The van der Waals surface area contributed by atoms with Gasteiger partial charge in [0.15, 0.2) is 0 Å². The molecule has 0 aromatic carbocycles. The number of nitrogens with zero attached hydrogens (tertiary/aromatic N) is 2. The molecule has 0 atom stereocenters. The minimum absolute atomic E-state index is 0.210. The van der Waals surface area contributed by atoms with Crippen molar-refractivity contribution in [2.45, 2.75) is 26.8 Å². The number of nitrogens with two attached hydrogens (primary N) is 1. The van der Waals surface area contributed by atoms with Crippen LogP contribution in [0.5, 0.6) is 0 Å². The van der Waals surface area contributed by atoms with Gasteiger partial charge in [0.25, 0.3) is 5.91 Å². The van der Waals surface area contributed by atoms with Crippen LogP contribution in [0.2, 0.25) is 5.15 Å². The zero-order valence-electron chi connectivity index (χ0n) is 11.5. The number of amides is 1. The van der Waals surface area contributed by atoms with E-state index in [0.29, 0.717) is 22.2 Å². The first kappa shape index (κ1) is 14.4. The zero-order valence-corrected chi connectivity index (χ0v) is 12.2. The Kier molecular flexibility index (Phi) is 4.29. The minimum Gasteiger partial charge on any atom is -0.397 e. The van der Waals surface area contributed by atoms with Crippen molar-refractivity contribution >= 4 is 28.9 Å². The molecule has 2 heterocycles. The summed E-state index contributed by atoms with van der Waals surface area (Å²) in [5.74, 6) is -0.210. The van der Waals surface area contributed by atoms with E-state index in [-0.39, 0.29) is 5.91 Å². The van der Waals surface area contributed by atoms with Crippen molar-refractivity contribution in [3.8, 4) is 0 Å². The Balaban J connectivity index is 2.21. The topological polar surface area (TPSA) is 72.9 Å². The molecule has 2 rings (SSSR count). The molecule has 0 bridgehead atoms. The van der Waals surface area contributed by atoms with E-state index in [0.717, 1.165) is 18.5 Å². The van der Waals surface area contributed by atoms with Crippen molar-refractivity contribution in [3.05, 3.63) is 40.9 Å². The SMILES string of the molecule is CCCn1cc(N)cc1C(=O)Nc1cnc(Cl)c(C)c1. The van der Waals surface area contributed by atoms with E-state index < -0.39 is 0 Å². The Morgan fingerprint density at radius 3 is 2.90 bits per heavy atom.